The number of nitrogens with zero attached hydrogens (tertiary/aromatic N) is 2. The molecule has 0 fully saturated rings. The number of aryl methyl sites for hydroxylation is 2. The van der Waals surface area contributed by atoms with E-state index in [1.165, 1.54) is 11.3 Å². The number of amides is 2. The van der Waals surface area contributed by atoms with E-state index < -0.39 is 5.91 Å². The van der Waals surface area contributed by atoms with Crippen molar-refractivity contribution in [2.75, 3.05) is 5.32 Å². The number of hydrogen-bond acceptors (Lipinski definition) is 6. The molecule has 1 aliphatic carbocycles. The Bertz CT molecular complexity index is 704. The molecule has 2 heterocycles. The SMILES string of the molecule is Cc1nnsc1C(=O)Nc1sc2c(c1C(N)=O)CCC2. The molecule has 0 radical (unpaired) electrons. The summed E-state index contributed by atoms with van der Waals surface area (Å²) in [6.45, 7) is 1.72. The predicted molar refractivity (Wildman–Crippen MR) is 77.5 cm³/mol. The van der Waals surface area contributed by atoms with E-state index in [1.807, 2.05) is 0 Å². The number of carbonyl (C=O) groups excluding carboxylic acids is 2. The van der Waals surface area contributed by atoms with E-state index in [2.05, 4.69) is 14.9 Å². The van der Waals surface area contributed by atoms with Crippen molar-refractivity contribution >= 4 is 39.7 Å². The molecule has 104 valence electrons. The number of primary amides is 1. The number of carbonyl (C=O) groups is 2. The Balaban J connectivity index is 1.94. The fourth-order valence-corrected chi connectivity index (χ4v) is 4.19. The lowest BCUT2D eigenvalue weighted by Crippen LogP contribution is -2.17. The predicted octanol–water partition coefficient (Wildman–Crippen LogP) is 1.75. The Morgan fingerprint density at radius 2 is 2.15 bits per heavy atom. The molecule has 0 saturated carbocycles. The third-order valence-electron chi connectivity index (χ3n) is 3.25. The van der Waals surface area contributed by atoms with Gasteiger partial charge in [-0.3, -0.25) is 9.59 Å². The Morgan fingerprint density at radius 1 is 1.35 bits per heavy atom. The molecule has 2 aromatic rings. The second kappa shape index (κ2) is 4.95. The third-order valence-corrected chi connectivity index (χ3v) is 5.29. The molecule has 2 aromatic heterocycles. The van der Waals surface area contributed by atoms with Gasteiger partial charge in [-0.2, -0.15) is 0 Å². The second-order valence-corrected chi connectivity index (χ2v) is 6.43. The molecule has 0 bridgehead atoms. The molecule has 6 nitrogen and oxygen atoms in total. The van der Waals surface area contributed by atoms with E-state index in [-0.39, 0.29) is 5.91 Å². The fourth-order valence-electron chi connectivity index (χ4n) is 2.35. The summed E-state index contributed by atoms with van der Waals surface area (Å²) < 4.78 is 3.73. The number of fused-ring (bicyclic) bond motifs is 1. The van der Waals surface area contributed by atoms with E-state index in [0.717, 1.165) is 41.2 Å². The third kappa shape index (κ3) is 2.10. The van der Waals surface area contributed by atoms with Crippen molar-refractivity contribution in [3.05, 3.63) is 26.6 Å². The highest BCUT2D eigenvalue weighted by Gasteiger charge is 2.26. The maximum atomic E-state index is 12.2. The molecule has 1 aliphatic rings. The van der Waals surface area contributed by atoms with Gasteiger partial charge in [-0.15, -0.1) is 16.4 Å². The molecular formula is C12H12N4O2S2. The van der Waals surface area contributed by atoms with Crippen LogP contribution >= 0.6 is 22.9 Å². The first kappa shape index (κ1) is 13.2. The summed E-state index contributed by atoms with van der Waals surface area (Å²) in [5.41, 5.74) is 7.49. The summed E-state index contributed by atoms with van der Waals surface area (Å²) in [5, 5.41) is 7.12. The molecule has 3 rings (SSSR count). The zero-order valence-electron chi connectivity index (χ0n) is 10.7. The summed E-state index contributed by atoms with van der Waals surface area (Å²) in [6.07, 6.45) is 2.83. The fraction of sp³-hybridized carbons (Fsp3) is 0.333. The van der Waals surface area contributed by atoms with Crippen LogP contribution in [0.1, 0.15) is 42.6 Å². The van der Waals surface area contributed by atoms with Gasteiger partial charge in [0, 0.05) is 4.88 Å². The summed E-state index contributed by atoms with van der Waals surface area (Å²) >= 11 is 2.48. The number of rotatable bonds is 3. The van der Waals surface area contributed by atoms with Crippen molar-refractivity contribution in [3.63, 3.8) is 0 Å². The molecule has 0 spiro atoms. The highest BCUT2D eigenvalue weighted by molar-refractivity contribution is 7.17. The Hall–Kier alpha value is -1.80. The molecule has 0 atom stereocenters. The number of aromatic nitrogens is 2. The molecule has 20 heavy (non-hydrogen) atoms. The van der Waals surface area contributed by atoms with Crippen LogP contribution in [0.3, 0.4) is 0 Å². The molecule has 2 amide bonds. The van der Waals surface area contributed by atoms with E-state index >= 15 is 0 Å². The molecule has 8 heteroatoms. The van der Waals surface area contributed by atoms with E-state index in [1.54, 1.807) is 6.92 Å². The van der Waals surface area contributed by atoms with Crippen molar-refractivity contribution in [3.8, 4) is 0 Å². The molecular weight excluding hydrogens is 296 g/mol. The van der Waals surface area contributed by atoms with Gasteiger partial charge in [0.2, 0.25) is 0 Å². The van der Waals surface area contributed by atoms with Crippen molar-refractivity contribution < 1.29 is 9.59 Å². The van der Waals surface area contributed by atoms with Gasteiger partial charge in [-0.05, 0) is 43.3 Å². The summed E-state index contributed by atoms with van der Waals surface area (Å²) in [7, 11) is 0. The van der Waals surface area contributed by atoms with Crippen LogP contribution in [-0.2, 0) is 12.8 Å². The lowest BCUT2D eigenvalue weighted by molar-refractivity contribution is 0.100. The average molecular weight is 308 g/mol. The van der Waals surface area contributed by atoms with Crippen LogP contribution in [0.2, 0.25) is 0 Å². The minimum absolute atomic E-state index is 0.292. The van der Waals surface area contributed by atoms with Gasteiger partial charge < -0.3 is 11.1 Å². The van der Waals surface area contributed by atoms with Gasteiger partial charge in [0.15, 0.2) is 0 Å². The minimum atomic E-state index is -0.487. The number of thiophene rings is 1. The first-order chi connectivity index (χ1) is 9.58. The molecule has 3 N–H and O–H groups in total. The smallest absolute Gasteiger partial charge is 0.269 e. The van der Waals surface area contributed by atoms with E-state index in [0.29, 0.717) is 21.1 Å². The van der Waals surface area contributed by atoms with Gasteiger partial charge in [0.05, 0.1) is 11.3 Å². The lowest BCUT2D eigenvalue weighted by Gasteiger charge is -2.04. The summed E-state index contributed by atoms with van der Waals surface area (Å²) in [4.78, 5) is 25.4. The summed E-state index contributed by atoms with van der Waals surface area (Å²) in [6, 6.07) is 0. The quantitative estimate of drug-likeness (QED) is 0.902. The average Bonchev–Trinajstić information content (AvgIpc) is 3.03. The van der Waals surface area contributed by atoms with Crippen molar-refractivity contribution in [1.29, 1.82) is 0 Å². The molecule has 0 saturated heterocycles. The molecule has 0 aromatic carbocycles. The largest absolute Gasteiger partial charge is 0.365 e. The normalized spacial score (nSPS) is 13.2. The maximum Gasteiger partial charge on any atom is 0.269 e. The standard InChI is InChI=1S/C12H12N4O2S2/c1-5-9(20-16-15-5)11(18)14-12-8(10(13)17)6-3-2-4-7(6)19-12/h2-4H2,1H3,(H2,13,17)(H,14,18). The van der Waals surface area contributed by atoms with Crippen molar-refractivity contribution in [2.45, 2.75) is 26.2 Å². The summed E-state index contributed by atoms with van der Waals surface area (Å²) in [5.74, 6) is -0.779. The lowest BCUT2D eigenvalue weighted by atomic mass is 10.1. The molecule has 0 aliphatic heterocycles. The number of hydrogen-bond donors (Lipinski definition) is 2. The van der Waals surface area contributed by atoms with Crippen LogP contribution in [0, 0.1) is 6.92 Å². The monoisotopic (exact) mass is 308 g/mol. The van der Waals surface area contributed by atoms with Crippen molar-refractivity contribution in [2.24, 2.45) is 5.73 Å². The minimum Gasteiger partial charge on any atom is -0.365 e. The van der Waals surface area contributed by atoms with Crippen LogP contribution in [0.15, 0.2) is 0 Å². The van der Waals surface area contributed by atoms with Crippen LogP contribution in [0.5, 0.6) is 0 Å². The highest BCUT2D eigenvalue weighted by Crippen LogP contribution is 2.39. The zero-order valence-corrected chi connectivity index (χ0v) is 12.4. The molecule has 0 unspecified atom stereocenters. The van der Waals surface area contributed by atoms with Gasteiger partial charge in [0.25, 0.3) is 11.8 Å². The van der Waals surface area contributed by atoms with E-state index in [9.17, 15) is 9.59 Å². The topological polar surface area (TPSA) is 98.0 Å². The van der Waals surface area contributed by atoms with Gasteiger partial charge in [-0.1, -0.05) is 4.49 Å². The Kier molecular flexibility index (Phi) is 3.27. The van der Waals surface area contributed by atoms with Gasteiger partial charge in [0.1, 0.15) is 9.88 Å². The highest BCUT2D eigenvalue weighted by atomic mass is 32.1. The number of anilines is 1. The van der Waals surface area contributed by atoms with Crippen LogP contribution < -0.4 is 11.1 Å². The van der Waals surface area contributed by atoms with E-state index in [4.69, 9.17) is 5.73 Å². The maximum absolute atomic E-state index is 12.2. The van der Waals surface area contributed by atoms with Crippen LogP contribution in [-0.4, -0.2) is 21.4 Å². The number of nitrogens with two attached hydrogens (primary N) is 1. The number of nitrogens with one attached hydrogen (secondary N) is 1. The zero-order chi connectivity index (χ0) is 14.3. The first-order valence-electron chi connectivity index (χ1n) is 6.12. The first-order valence-corrected chi connectivity index (χ1v) is 7.71. The van der Waals surface area contributed by atoms with Gasteiger partial charge >= 0.3 is 0 Å². The van der Waals surface area contributed by atoms with Crippen molar-refractivity contribution in [1.82, 2.24) is 9.59 Å². The van der Waals surface area contributed by atoms with Crippen LogP contribution in [0.25, 0.3) is 0 Å². The van der Waals surface area contributed by atoms with Crippen LogP contribution in [0.4, 0.5) is 5.00 Å². The second-order valence-electron chi connectivity index (χ2n) is 4.57. The Labute approximate surface area is 123 Å². The van der Waals surface area contributed by atoms with Gasteiger partial charge in [-0.25, -0.2) is 0 Å². The Morgan fingerprint density at radius 3 is 2.80 bits per heavy atom.